The average Bonchev–Trinajstić information content (AvgIpc) is 2.75. The summed E-state index contributed by atoms with van der Waals surface area (Å²) in [5.74, 6) is -2.89. The van der Waals surface area contributed by atoms with Crippen LogP contribution in [0.15, 0.2) is 29.1 Å². The van der Waals surface area contributed by atoms with Gasteiger partial charge in [0.05, 0.1) is 6.04 Å². The summed E-state index contributed by atoms with van der Waals surface area (Å²) >= 11 is 0. The minimum Gasteiger partial charge on any atom is -1.00 e. The second-order valence-electron chi connectivity index (χ2n) is 7.53. The van der Waals surface area contributed by atoms with Crippen molar-refractivity contribution in [1.29, 1.82) is 0 Å². The number of aromatic nitrogens is 2. The van der Waals surface area contributed by atoms with Crippen LogP contribution in [0.4, 0.5) is 23.1 Å². The fraction of sp³-hybridized carbons (Fsp3) is 0.350. The third kappa shape index (κ3) is 7.88. The van der Waals surface area contributed by atoms with Crippen LogP contribution in [-0.2, 0) is 9.59 Å². The molecule has 0 bridgehead atoms. The Morgan fingerprint density at radius 1 is 1.31 bits per heavy atom. The monoisotopic (exact) mass is 533 g/mol. The Hall–Kier alpha value is -2.74. The van der Waals surface area contributed by atoms with E-state index in [4.69, 9.17) is 10.8 Å². The Labute approximate surface area is 236 Å². The minimum atomic E-state index is -1.39. The number of carbonyl (C=O) groups is 3. The van der Waals surface area contributed by atoms with E-state index in [-0.39, 0.29) is 79.7 Å². The number of carbonyl (C=O) groups excluding carboxylic acids is 2. The van der Waals surface area contributed by atoms with Crippen LogP contribution < -0.4 is 49.7 Å². The van der Waals surface area contributed by atoms with E-state index in [1.807, 2.05) is 4.90 Å². The van der Waals surface area contributed by atoms with Gasteiger partial charge in [0.1, 0.15) is 11.7 Å². The van der Waals surface area contributed by atoms with Gasteiger partial charge in [-0.2, -0.15) is 4.98 Å². The van der Waals surface area contributed by atoms with E-state index in [2.05, 4.69) is 25.9 Å². The number of rotatable bonds is 9. The van der Waals surface area contributed by atoms with Crippen molar-refractivity contribution in [2.24, 2.45) is 0 Å². The third-order valence-corrected chi connectivity index (χ3v) is 5.25. The number of nitrogens with two attached hydrogens (primary N) is 1. The predicted octanol–water partition coefficient (Wildman–Crippen LogP) is -4.97. The van der Waals surface area contributed by atoms with E-state index >= 15 is 0 Å². The van der Waals surface area contributed by atoms with Crippen LogP contribution >= 0.6 is 0 Å². The molecule has 13 nitrogen and oxygen atoms in total. The van der Waals surface area contributed by atoms with Gasteiger partial charge in [0.2, 0.25) is 5.95 Å². The quantitative estimate of drug-likeness (QED) is 0.168. The summed E-state index contributed by atoms with van der Waals surface area (Å²) in [6.07, 6.45) is -0.759. The zero-order valence-corrected chi connectivity index (χ0v) is 21.8. The zero-order valence-electron chi connectivity index (χ0n) is 18.8. The van der Waals surface area contributed by atoms with Gasteiger partial charge in [-0.05, 0) is 37.1 Å². The maximum absolute atomic E-state index is 12.3. The smallest absolute Gasteiger partial charge is 1.00 e. The average molecular weight is 534 g/mol. The Morgan fingerprint density at radius 3 is 2.57 bits per heavy atom. The van der Waals surface area contributed by atoms with Crippen molar-refractivity contribution in [2.75, 3.05) is 41.4 Å². The number of carboxylic acid groups (broad SMARTS) is 2. The molecule has 0 spiro atoms. The van der Waals surface area contributed by atoms with Crippen molar-refractivity contribution in [3.05, 3.63) is 40.2 Å². The molecule has 7 N–H and O–H groups in total. The van der Waals surface area contributed by atoms with Gasteiger partial charge in [0.25, 0.3) is 11.5 Å². The second kappa shape index (κ2) is 13.4. The van der Waals surface area contributed by atoms with Gasteiger partial charge in [-0.3, -0.25) is 14.6 Å². The number of nitrogens with one attached hydrogen (secondary N) is 4. The number of halogens is 1. The molecule has 1 unspecified atom stereocenters. The van der Waals surface area contributed by atoms with Crippen molar-refractivity contribution in [2.45, 2.75) is 24.9 Å². The van der Waals surface area contributed by atoms with Crippen molar-refractivity contribution in [3.63, 3.8) is 0 Å². The van der Waals surface area contributed by atoms with E-state index in [1.54, 1.807) is 19.2 Å². The summed E-state index contributed by atoms with van der Waals surface area (Å²) in [5, 5.41) is 28.3. The number of likely N-dealkylation sites (N-methyl/N-ethyl adjacent to an activating group) is 1. The summed E-state index contributed by atoms with van der Waals surface area (Å²) in [7, 11) is 1.78. The molecule has 2 aromatic rings. The van der Waals surface area contributed by atoms with Gasteiger partial charge >= 0.3 is 43.7 Å². The molecule has 0 saturated carbocycles. The summed E-state index contributed by atoms with van der Waals surface area (Å²) in [5.41, 5.74) is 6.56. The number of anilines is 4. The molecule has 35 heavy (non-hydrogen) atoms. The predicted molar refractivity (Wildman–Crippen MR) is 124 cm³/mol. The molecule has 2 heterocycles. The Kier molecular flexibility index (Phi) is 11.6. The molecule has 0 saturated heterocycles. The second-order valence-corrected chi connectivity index (χ2v) is 7.53. The molecule has 1 amide bonds. The zero-order chi connectivity index (χ0) is 24.1. The van der Waals surface area contributed by atoms with Crippen LogP contribution in [0.25, 0.3) is 0 Å². The van der Waals surface area contributed by atoms with Gasteiger partial charge in [-0.25, -0.2) is 4.79 Å². The fourth-order valence-corrected chi connectivity index (χ4v) is 3.41. The van der Waals surface area contributed by atoms with Crippen molar-refractivity contribution in [3.8, 4) is 0 Å². The van der Waals surface area contributed by atoms with Gasteiger partial charge in [-0.1, -0.05) is 0 Å². The van der Waals surface area contributed by atoms with E-state index < -0.39 is 30.3 Å². The standard InChI is InChI=1S/C20H25N7O6.Ca.ClH/c1-27-12(9-23-16-15(27)18(31)26-20(21)25-16)8-22-11-4-2-10(3-5-11)17(30)24-13(19(32)33)6-7-14(28)29;;/h2-5,12-13,22H,6-9H2,1H3,(H,24,30)(H,28,29)(H,32,33)(H4,21,23,25,26,31);;1H/q;+2;/p-2/t12?,13-;;/m0../s1. The van der Waals surface area contributed by atoms with E-state index in [0.717, 1.165) is 0 Å². The third-order valence-electron chi connectivity index (χ3n) is 5.25. The number of aromatic amines is 1. The number of nitrogen functional groups attached to an aromatic ring is 1. The topological polar surface area (TPSA) is 206 Å². The number of H-pyrrole nitrogens is 1. The van der Waals surface area contributed by atoms with E-state index in [1.165, 1.54) is 12.1 Å². The molecule has 0 aliphatic carbocycles. The van der Waals surface area contributed by atoms with Crippen LogP contribution in [0.1, 0.15) is 23.2 Å². The largest absolute Gasteiger partial charge is 2.00 e. The number of nitrogens with zero attached hydrogens (tertiary/aromatic N) is 2. The Morgan fingerprint density at radius 2 is 1.97 bits per heavy atom. The molecule has 15 heteroatoms. The molecular formula is C20H24CaClN7O6. The van der Waals surface area contributed by atoms with Gasteiger partial charge in [0, 0.05) is 37.4 Å². The number of amides is 1. The molecule has 3 rings (SSSR count). The van der Waals surface area contributed by atoms with E-state index in [0.29, 0.717) is 30.3 Å². The first-order valence-corrected chi connectivity index (χ1v) is 10.1. The molecule has 1 aromatic carbocycles. The van der Waals surface area contributed by atoms with Gasteiger partial charge in [-0.15, -0.1) is 0 Å². The minimum absolute atomic E-state index is 0. The molecule has 0 radical (unpaired) electrons. The fourth-order valence-electron chi connectivity index (χ4n) is 3.41. The summed E-state index contributed by atoms with van der Waals surface area (Å²) in [4.78, 5) is 54.7. The van der Waals surface area contributed by atoms with Crippen LogP contribution in [-0.4, -0.2) is 103 Å². The molecule has 2 atom stereocenters. The summed E-state index contributed by atoms with van der Waals surface area (Å²) < 4.78 is 0. The first-order valence-electron chi connectivity index (χ1n) is 10.1. The Bertz CT molecular complexity index is 1110. The molecule has 0 fully saturated rings. The summed E-state index contributed by atoms with van der Waals surface area (Å²) in [6.45, 7) is 0.998. The summed E-state index contributed by atoms with van der Waals surface area (Å²) in [6, 6.07) is 4.94. The maximum Gasteiger partial charge on any atom is 2.00 e. The number of aliphatic carboxylic acids is 2. The van der Waals surface area contributed by atoms with Crippen LogP contribution in [0, 0.1) is 0 Å². The van der Waals surface area contributed by atoms with Gasteiger partial charge < -0.3 is 54.0 Å². The van der Waals surface area contributed by atoms with E-state index in [9.17, 15) is 24.3 Å². The maximum atomic E-state index is 12.3. The molecule has 1 aromatic heterocycles. The Balaban J connectivity index is 0.00000306. The SMILES string of the molecule is CN1c2c(nc(N)[nH]c2=O)NCC1CNc1ccc(C(=O)N[C@@H](CCC(=O)[O-])C(=O)O)cc1.[Ca+2].[Cl-]. The number of carboxylic acids is 2. The number of hydrogen-bond acceptors (Lipinski definition) is 10. The van der Waals surface area contributed by atoms with Crippen molar-refractivity contribution < 1.29 is 37.0 Å². The van der Waals surface area contributed by atoms with Crippen molar-refractivity contribution >= 4 is 78.7 Å². The van der Waals surface area contributed by atoms with Crippen LogP contribution in [0.2, 0.25) is 0 Å². The van der Waals surface area contributed by atoms with Crippen LogP contribution in [0.5, 0.6) is 0 Å². The normalized spacial score (nSPS) is 14.8. The first kappa shape index (κ1) is 30.3. The number of fused-ring (bicyclic) bond motifs is 1. The first-order chi connectivity index (χ1) is 15.7. The van der Waals surface area contributed by atoms with Crippen molar-refractivity contribution in [1.82, 2.24) is 15.3 Å². The molecular weight excluding hydrogens is 510 g/mol. The number of benzene rings is 1. The van der Waals surface area contributed by atoms with Gasteiger partial charge in [0.15, 0.2) is 5.82 Å². The molecule has 1 aliphatic rings. The number of hydrogen-bond donors (Lipinski definition) is 6. The van der Waals surface area contributed by atoms with Crippen LogP contribution in [0.3, 0.4) is 0 Å². The molecule has 184 valence electrons. The molecule has 1 aliphatic heterocycles.